The fraction of sp³-hybridized carbons (Fsp3) is 0.214. The van der Waals surface area contributed by atoms with Crippen LogP contribution in [0.3, 0.4) is 0 Å². The molecular formula is C14H15NOS. The van der Waals surface area contributed by atoms with Crippen LogP contribution in [-0.4, -0.2) is 17.4 Å². The lowest BCUT2D eigenvalue weighted by atomic mass is 10.0. The molecule has 1 aromatic carbocycles. The number of thiophene rings is 1. The van der Waals surface area contributed by atoms with Gasteiger partial charge in [0.2, 0.25) is 0 Å². The van der Waals surface area contributed by atoms with Gasteiger partial charge < -0.3 is 5.11 Å². The van der Waals surface area contributed by atoms with Gasteiger partial charge in [-0.1, -0.05) is 30.3 Å². The zero-order valence-electron chi connectivity index (χ0n) is 9.65. The van der Waals surface area contributed by atoms with Crippen LogP contribution < -0.4 is 0 Å². The Morgan fingerprint density at radius 3 is 2.65 bits per heavy atom. The zero-order valence-corrected chi connectivity index (χ0v) is 10.5. The van der Waals surface area contributed by atoms with Gasteiger partial charge in [-0.05, 0) is 29.3 Å². The van der Waals surface area contributed by atoms with E-state index in [1.807, 2.05) is 60.3 Å². The first kappa shape index (κ1) is 12.0. The van der Waals surface area contributed by atoms with E-state index < -0.39 is 6.10 Å². The molecule has 0 radical (unpaired) electrons. The number of hydrogen-bond donors (Lipinski definition) is 1. The van der Waals surface area contributed by atoms with E-state index in [4.69, 9.17) is 0 Å². The molecule has 0 aliphatic heterocycles. The zero-order chi connectivity index (χ0) is 12.1. The van der Waals surface area contributed by atoms with Crippen LogP contribution in [0.1, 0.15) is 24.2 Å². The highest BCUT2D eigenvalue weighted by Crippen LogP contribution is 2.18. The van der Waals surface area contributed by atoms with Crippen LogP contribution >= 0.6 is 11.3 Å². The number of aliphatic imine (C=N–C) groups is 1. The smallest absolute Gasteiger partial charge is 0.101 e. The van der Waals surface area contributed by atoms with Crippen LogP contribution in [0.4, 0.5) is 0 Å². The summed E-state index contributed by atoms with van der Waals surface area (Å²) < 4.78 is 0. The summed E-state index contributed by atoms with van der Waals surface area (Å²) >= 11 is 1.64. The van der Waals surface area contributed by atoms with E-state index in [-0.39, 0.29) is 6.04 Å². The number of aliphatic hydroxyl groups is 1. The summed E-state index contributed by atoms with van der Waals surface area (Å²) in [6.45, 7) is 1.92. The third kappa shape index (κ3) is 3.25. The molecule has 17 heavy (non-hydrogen) atoms. The largest absolute Gasteiger partial charge is 0.386 e. The third-order valence-electron chi connectivity index (χ3n) is 2.60. The van der Waals surface area contributed by atoms with E-state index in [0.29, 0.717) is 0 Å². The molecule has 0 saturated carbocycles. The van der Waals surface area contributed by atoms with Gasteiger partial charge in [0, 0.05) is 11.8 Å². The summed E-state index contributed by atoms with van der Waals surface area (Å²) in [6.07, 6.45) is 1.26. The third-order valence-corrected chi connectivity index (χ3v) is 3.30. The molecule has 1 heterocycles. The van der Waals surface area contributed by atoms with Crippen molar-refractivity contribution in [3.05, 3.63) is 58.3 Å². The minimum atomic E-state index is -0.550. The second-order valence-electron chi connectivity index (χ2n) is 3.93. The average Bonchev–Trinajstić information content (AvgIpc) is 2.89. The van der Waals surface area contributed by atoms with E-state index in [0.717, 1.165) is 11.1 Å². The Kier molecular flexibility index (Phi) is 4.07. The molecular weight excluding hydrogens is 230 g/mol. The number of aliphatic hydroxyl groups excluding tert-OH is 1. The van der Waals surface area contributed by atoms with Crippen LogP contribution in [0.2, 0.25) is 0 Å². The van der Waals surface area contributed by atoms with Crippen molar-refractivity contribution >= 4 is 17.6 Å². The van der Waals surface area contributed by atoms with Crippen molar-refractivity contribution in [2.24, 2.45) is 4.99 Å². The fourth-order valence-corrected chi connectivity index (χ4v) is 2.17. The average molecular weight is 245 g/mol. The van der Waals surface area contributed by atoms with Gasteiger partial charge in [-0.15, -0.1) is 0 Å². The maximum absolute atomic E-state index is 10.1. The lowest BCUT2D eigenvalue weighted by Gasteiger charge is -2.15. The molecule has 0 spiro atoms. The van der Waals surface area contributed by atoms with E-state index in [2.05, 4.69) is 4.99 Å². The van der Waals surface area contributed by atoms with Crippen molar-refractivity contribution in [1.82, 2.24) is 0 Å². The summed E-state index contributed by atoms with van der Waals surface area (Å²) in [5, 5.41) is 14.2. The van der Waals surface area contributed by atoms with Crippen molar-refractivity contribution in [1.29, 1.82) is 0 Å². The first-order chi connectivity index (χ1) is 8.27. The lowest BCUT2D eigenvalue weighted by molar-refractivity contribution is 0.154. The molecule has 0 unspecified atom stereocenters. The molecule has 0 aliphatic carbocycles. The Bertz CT molecular complexity index is 464. The molecule has 1 N–H and O–H groups in total. The van der Waals surface area contributed by atoms with Crippen molar-refractivity contribution in [3.8, 4) is 0 Å². The molecule has 1 aromatic heterocycles. The predicted octanol–water partition coefficient (Wildman–Crippen LogP) is 3.29. The van der Waals surface area contributed by atoms with E-state index in [1.54, 1.807) is 11.3 Å². The van der Waals surface area contributed by atoms with Gasteiger partial charge in [0.05, 0.1) is 6.04 Å². The fourth-order valence-electron chi connectivity index (χ4n) is 1.56. The quantitative estimate of drug-likeness (QED) is 0.824. The molecule has 0 bridgehead atoms. The van der Waals surface area contributed by atoms with Gasteiger partial charge in [0.1, 0.15) is 6.10 Å². The molecule has 0 amide bonds. The van der Waals surface area contributed by atoms with Crippen molar-refractivity contribution in [2.75, 3.05) is 0 Å². The maximum atomic E-state index is 10.1. The van der Waals surface area contributed by atoms with Crippen LogP contribution in [0.15, 0.2) is 52.2 Å². The predicted molar refractivity (Wildman–Crippen MR) is 72.8 cm³/mol. The minimum Gasteiger partial charge on any atom is -0.386 e. The molecule has 0 saturated heterocycles. The molecule has 0 fully saturated rings. The van der Waals surface area contributed by atoms with E-state index >= 15 is 0 Å². The Balaban J connectivity index is 2.03. The summed E-state index contributed by atoms with van der Waals surface area (Å²) in [4.78, 5) is 4.37. The van der Waals surface area contributed by atoms with Gasteiger partial charge in [-0.25, -0.2) is 0 Å². The first-order valence-electron chi connectivity index (χ1n) is 5.56. The highest BCUT2D eigenvalue weighted by atomic mass is 32.1. The van der Waals surface area contributed by atoms with Crippen molar-refractivity contribution in [3.63, 3.8) is 0 Å². The minimum absolute atomic E-state index is 0.141. The lowest BCUT2D eigenvalue weighted by Crippen LogP contribution is -2.12. The van der Waals surface area contributed by atoms with Gasteiger partial charge in [-0.3, -0.25) is 4.99 Å². The Labute approximate surface area is 105 Å². The summed E-state index contributed by atoms with van der Waals surface area (Å²) in [6, 6.07) is 11.5. The van der Waals surface area contributed by atoms with Gasteiger partial charge in [0.15, 0.2) is 0 Å². The maximum Gasteiger partial charge on any atom is 0.101 e. The van der Waals surface area contributed by atoms with Gasteiger partial charge in [-0.2, -0.15) is 11.3 Å². The van der Waals surface area contributed by atoms with Crippen molar-refractivity contribution < 1.29 is 5.11 Å². The molecule has 0 aliphatic rings. The van der Waals surface area contributed by atoms with Crippen LogP contribution in [0.5, 0.6) is 0 Å². The van der Waals surface area contributed by atoms with Crippen LogP contribution in [0, 0.1) is 0 Å². The van der Waals surface area contributed by atoms with Crippen LogP contribution in [0.25, 0.3) is 0 Å². The normalized spacial score (nSPS) is 14.9. The molecule has 2 nitrogen and oxygen atoms in total. The standard InChI is InChI=1S/C14H15NOS/c1-11(15-9-12-7-8-17-10-12)14(16)13-5-3-2-4-6-13/h2-11,14,16H,1H3/t11-,14-/m0/s1. The number of rotatable bonds is 4. The number of hydrogen-bond acceptors (Lipinski definition) is 3. The monoisotopic (exact) mass is 245 g/mol. The van der Waals surface area contributed by atoms with Crippen molar-refractivity contribution in [2.45, 2.75) is 19.1 Å². The van der Waals surface area contributed by atoms with Crippen LogP contribution in [-0.2, 0) is 0 Å². The topological polar surface area (TPSA) is 32.6 Å². The summed E-state index contributed by atoms with van der Waals surface area (Å²) in [5.74, 6) is 0. The molecule has 88 valence electrons. The summed E-state index contributed by atoms with van der Waals surface area (Å²) in [7, 11) is 0. The highest BCUT2D eigenvalue weighted by Gasteiger charge is 2.13. The highest BCUT2D eigenvalue weighted by molar-refractivity contribution is 7.08. The van der Waals surface area contributed by atoms with E-state index in [9.17, 15) is 5.11 Å². The van der Waals surface area contributed by atoms with Gasteiger partial charge >= 0.3 is 0 Å². The molecule has 2 aromatic rings. The Hall–Kier alpha value is -1.45. The number of nitrogens with zero attached hydrogens (tertiary/aromatic N) is 1. The molecule has 2 rings (SSSR count). The Morgan fingerprint density at radius 1 is 1.24 bits per heavy atom. The second kappa shape index (κ2) is 5.75. The van der Waals surface area contributed by atoms with Gasteiger partial charge in [0.25, 0.3) is 0 Å². The first-order valence-corrected chi connectivity index (χ1v) is 6.50. The number of benzene rings is 1. The SMILES string of the molecule is C[C@H](N=Cc1ccsc1)[C@H](O)c1ccccc1. The second-order valence-corrected chi connectivity index (χ2v) is 4.71. The van der Waals surface area contributed by atoms with E-state index in [1.165, 1.54) is 0 Å². The molecule has 3 heteroatoms. The summed E-state index contributed by atoms with van der Waals surface area (Å²) in [5.41, 5.74) is 1.99. The molecule has 2 atom stereocenters. The Morgan fingerprint density at radius 2 is 2.00 bits per heavy atom.